The van der Waals surface area contributed by atoms with Crippen molar-refractivity contribution in [2.24, 2.45) is 10.8 Å². The molecule has 1 saturated carbocycles. The highest BCUT2D eigenvalue weighted by atomic mass is 16.2. The number of rotatable bonds is 5. The zero-order valence-corrected chi connectivity index (χ0v) is 18.8. The monoisotopic (exact) mass is 406 g/mol. The Kier molecular flexibility index (Phi) is 6.35. The summed E-state index contributed by atoms with van der Waals surface area (Å²) in [6.07, 6.45) is 2.79. The van der Waals surface area contributed by atoms with Crippen molar-refractivity contribution in [2.45, 2.75) is 59.9 Å². The SMILES string of the molecule is Cc1cccc(C(=O)NCC2(C)CC(NC(=O)c3cccc(C)c3)CC(C)(C)C2)c1. The molecule has 1 fully saturated rings. The number of aryl methyl sites for hydroxylation is 2. The van der Waals surface area contributed by atoms with Crippen LogP contribution in [0.1, 0.15) is 71.9 Å². The molecule has 4 heteroatoms. The summed E-state index contributed by atoms with van der Waals surface area (Å²) in [4.78, 5) is 25.4. The fourth-order valence-corrected chi connectivity index (χ4v) is 5.11. The van der Waals surface area contributed by atoms with Crippen LogP contribution in [0.15, 0.2) is 48.5 Å². The summed E-state index contributed by atoms with van der Waals surface area (Å²) >= 11 is 0. The summed E-state index contributed by atoms with van der Waals surface area (Å²) in [5, 5.41) is 6.38. The molecule has 0 aliphatic heterocycles. The second-order valence-corrected chi connectivity index (χ2v) is 10.2. The predicted octanol–water partition coefficient (Wildman–Crippen LogP) is 5.05. The number of carbonyl (C=O) groups excluding carboxylic acids is 2. The van der Waals surface area contributed by atoms with Crippen LogP contribution in [0.3, 0.4) is 0 Å². The lowest BCUT2D eigenvalue weighted by Crippen LogP contribution is -2.50. The largest absolute Gasteiger partial charge is 0.351 e. The van der Waals surface area contributed by atoms with Gasteiger partial charge in [-0.3, -0.25) is 9.59 Å². The molecule has 0 saturated heterocycles. The third-order valence-corrected chi connectivity index (χ3v) is 6.01. The van der Waals surface area contributed by atoms with Crippen molar-refractivity contribution in [1.82, 2.24) is 10.6 Å². The summed E-state index contributed by atoms with van der Waals surface area (Å²) in [5.41, 5.74) is 3.56. The average Bonchev–Trinajstić information content (AvgIpc) is 2.64. The van der Waals surface area contributed by atoms with E-state index in [0.29, 0.717) is 17.7 Å². The van der Waals surface area contributed by atoms with E-state index >= 15 is 0 Å². The van der Waals surface area contributed by atoms with E-state index in [9.17, 15) is 9.59 Å². The highest BCUT2D eigenvalue weighted by molar-refractivity contribution is 5.95. The van der Waals surface area contributed by atoms with Gasteiger partial charge in [0.2, 0.25) is 0 Å². The van der Waals surface area contributed by atoms with Crippen LogP contribution in [-0.4, -0.2) is 24.4 Å². The van der Waals surface area contributed by atoms with Crippen LogP contribution in [-0.2, 0) is 0 Å². The van der Waals surface area contributed by atoms with E-state index in [2.05, 4.69) is 31.4 Å². The lowest BCUT2D eigenvalue weighted by atomic mass is 9.62. The lowest BCUT2D eigenvalue weighted by Gasteiger charge is -2.47. The Labute approximate surface area is 180 Å². The smallest absolute Gasteiger partial charge is 0.251 e. The zero-order valence-electron chi connectivity index (χ0n) is 18.8. The van der Waals surface area contributed by atoms with Crippen LogP contribution in [0.25, 0.3) is 0 Å². The fraction of sp³-hybridized carbons (Fsp3) is 0.462. The maximum atomic E-state index is 12.8. The van der Waals surface area contributed by atoms with Gasteiger partial charge in [0.1, 0.15) is 0 Å². The van der Waals surface area contributed by atoms with Crippen LogP contribution in [0, 0.1) is 24.7 Å². The molecule has 1 aliphatic carbocycles. The Bertz CT molecular complexity index is 934. The third kappa shape index (κ3) is 5.71. The van der Waals surface area contributed by atoms with Crippen LogP contribution >= 0.6 is 0 Å². The topological polar surface area (TPSA) is 58.2 Å². The highest BCUT2D eigenvalue weighted by Crippen LogP contribution is 2.45. The number of benzene rings is 2. The van der Waals surface area contributed by atoms with Gasteiger partial charge in [-0.1, -0.05) is 56.2 Å². The van der Waals surface area contributed by atoms with Gasteiger partial charge in [0.05, 0.1) is 0 Å². The zero-order chi connectivity index (χ0) is 21.9. The van der Waals surface area contributed by atoms with Crippen molar-refractivity contribution in [2.75, 3.05) is 6.54 Å². The van der Waals surface area contributed by atoms with E-state index in [1.54, 1.807) is 0 Å². The molecular formula is C26H34N2O2. The Morgan fingerprint density at radius 1 is 0.900 bits per heavy atom. The number of hydrogen-bond acceptors (Lipinski definition) is 2. The molecule has 3 rings (SSSR count). The van der Waals surface area contributed by atoms with Crippen LogP contribution < -0.4 is 10.6 Å². The normalized spacial score (nSPS) is 22.9. The Balaban J connectivity index is 1.67. The number of hydrogen-bond donors (Lipinski definition) is 2. The molecule has 0 bridgehead atoms. The van der Waals surface area contributed by atoms with Gasteiger partial charge in [0.25, 0.3) is 11.8 Å². The number of amides is 2. The second-order valence-electron chi connectivity index (χ2n) is 10.2. The van der Waals surface area contributed by atoms with Crippen LogP contribution in [0.2, 0.25) is 0 Å². The molecule has 0 spiro atoms. The minimum absolute atomic E-state index is 0.0208. The molecule has 2 atom stereocenters. The van der Waals surface area contributed by atoms with E-state index in [-0.39, 0.29) is 28.7 Å². The van der Waals surface area contributed by atoms with Crippen molar-refractivity contribution in [1.29, 1.82) is 0 Å². The molecule has 2 aromatic rings. The molecule has 0 aromatic heterocycles. The van der Waals surface area contributed by atoms with Crippen molar-refractivity contribution in [3.8, 4) is 0 Å². The van der Waals surface area contributed by atoms with Gasteiger partial charge in [0.15, 0.2) is 0 Å². The Hall–Kier alpha value is -2.62. The summed E-state index contributed by atoms with van der Waals surface area (Å²) in [7, 11) is 0. The average molecular weight is 407 g/mol. The summed E-state index contributed by atoms with van der Waals surface area (Å²) in [5.74, 6) is -0.0591. The maximum absolute atomic E-state index is 12.8. The van der Waals surface area contributed by atoms with Gasteiger partial charge in [-0.15, -0.1) is 0 Å². The van der Waals surface area contributed by atoms with Crippen molar-refractivity contribution in [3.63, 3.8) is 0 Å². The first-order valence-electron chi connectivity index (χ1n) is 10.8. The molecular weight excluding hydrogens is 372 g/mol. The molecule has 2 N–H and O–H groups in total. The van der Waals surface area contributed by atoms with E-state index in [1.165, 1.54) is 0 Å². The third-order valence-electron chi connectivity index (χ3n) is 6.01. The molecule has 0 heterocycles. The quantitative estimate of drug-likeness (QED) is 0.730. The van der Waals surface area contributed by atoms with Gasteiger partial charge < -0.3 is 10.6 Å². The fourth-order valence-electron chi connectivity index (χ4n) is 5.11. The van der Waals surface area contributed by atoms with Gasteiger partial charge in [0, 0.05) is 23.7 Å². The van der Waals surface area contributed by atoms with E-state index < -0.39 is 0 Å². The van der Waals surface area contributed by atoms with Crippen molar-refractivity contribution in [3.05, 3.63) is 70.8 Å². The van der Waals surface area contributed by atoms with Crippen molar-refractivity contribution >= 4 is 11.8 Å². The molecule has 160 valence electrons. The van der Waals surface area contributed by atoms with E-state index in [4.69, 9.17) is 0 Å². The molecule has 2 unspecified atom stereocenters. The minimum Gasteiger partial charge on any atom is -0.351 e. The second kappa shape index (κ2) is 8.63. The predicted molar refractivity (Wildman–Crippen MR) is 122 cm³/mol. The maximum Gasteiger partial charge on any atom is 0.251 e. The van der Waals surface area contributed by atoms with Gasteiger partial charge in [-0.2, -0.15) is 0 Å². The van der Waals surface area contributed by atoms with Gasteiger partial charge in [-0.05, 0) is 68.2 Å². The summed E-state index contributed by atoms with van der Waals surface area (Å²) in [6, 6.07) is 15.4. The molecule has 0 radical (unpaired) electrons. The summed E-state index contributed by atoms with van der Waals surface area (Å²) < 4.78 is 0. The standard InChI is InChI=1S/C26H34N2O2/c1-18-8-6-10-20(12-18)23(29)27-17-26(5)15-22(14-25(3,4)16-26)28-24(30)21-11-7-9-19(2)13-21/h6-13,22H,14-17H2,1-5H3,(H,27,29)(H,28,30). The summed E-state index contributed by atoms with van der Waals surface area (Å²) in [6.45, 7) is 11.3. The molecule has 2 aromatic carbocycles. The first-order valence-corrected chi connectivity index (χ1v) is 10.8. The molecule has 2 amide bonds. The lowest BCUT2D eigenvalue weighted by molar-refractivity contribution is 0.0592. The van der Waals surface area contributed by atoms with E-state index in [0.717, 1.165) is 30.4 Å². The van der Waals surface area contributed by atoms with Crippen LogP contribution in [0.4, 0.5) is 0 Å². The number of carbonyl (C=O) groups is 2. The molecule has 4 nitrogen and oxygen atoms in total. The van der Waals surface area contributed by atoms with Crippen molar-refractivity contribution < 1.29 is 9.59 Å². The van der Waals surface area contributed by atoms with Gasteiger partial charge in [-0.25, -0.2) is 0 Å². The Morgan fingerprint density at radius 3 is 2.03 bits per heavy atom. The molecule has 30 heavy (non-hydrogen) atoms. The molecule has 1 aliphatic rings. The first kappa shape index (κ1) is 22.1. The van der Waals surface area contributed by atoms with Gasteiger partial charge >= 0.3 is 0 Å². The van der Waals surface area contributed by atoms with E-state index in [1.807, 2.05) is 62.4 Å². The minimum atomic E-state index is -0.0776. The highest BCUT2D eigenvalue weighted by Gasteiger charge is 2.42. The number of nitrogens with one attached hydrogen (secondary N) is 2. The van der Waals surface area contributed by atoms with Crippen LogP contribution in [0.5, 0.6) is 0 Å². The Morgan fingerprint density at radius 2 is 1.47 bits per heavy atom. The first-order chi connectivity index (χ1) is 14.1.